The molecule has 0 radical (unpaired) electrons. The van der Waals surface area contributed by atoms with Gasteiger partial charge in [0.15, 0.2) is 0 Å². The van der Waals surface area contributed by atoms with Crippen LogP contribution in [0.15, 0.2) is 24.3 Å². The van der Waals surface area contributed by atoms with Crippen LogP contribution in [0.2, 0.25) is 0 Å². The summed E-state index contributed by atoms with van der Waals surface area (Å²) in [4.78, 5) is 4.59. The van der Waals surface area contributed by atoms with Gasteiger partial charge >= 0.3 is 0 Å². The van der Waals surface area contributed by atoms with Crippen LogP contribution in [-0.4, -0.2) is 18.1 Å². The van der Waals surface area contributed by atoms with E-state index in [0.717, 1.165) is 23.4 Å². The standard InChI is InChI=1S/C13H17N3.ClH/c1-9-3-4-12-11(7-9)8-10(2)13(16-12)15-6-5-14;/h3-4,7-8H,5-6,14H2,1-2H3,(H,15,16);1H. The fourth-order valence-corrected chi connectivity index (χ4v) is 1.77. The SMILES string of the molecule is Cc1ccc2nc(NCCN)c(C)cc2c1.Cl. The zero-order chi connectivity index (χ0) is 11.5. The van der Waals surface area contributed by atoms with E-state index in [-0.39, 0.29) is 12.4 Å². The Balaban J connectivity index is 0.00000144. The van der Waals surface area contributed by atoms with Gasteiger partial charge in [-0.05, 0) is 37.6 Å². The maximum Gasteiger partial charge on any atom is 0.129 e. The number of benzene rings is 1. The van der Waals surface area contributed by atoms with E-state index in [1.165, 1.54) is 10.9 Å². The van der Waals surface area contributed by atoms with Gasteiger partial charge in [-0.1, -0.05) is 11.6 Å². The third kappa shape index (κ3) is 3.08. The van der Waals surface area contributed by atoms with Gasteiger partial charge in [-0.15, -0.1) is 12.4 Å². The summed E-state index contributed by atoms with van der Waals surface area (Å²) in [7, 11) is 0. The van der Waals surface area contributed by atoms with Crippen LogP contribution in [0.1, 0.15) is 11.1 Å². The van der Waals surface area contributed by atoms with Crippen molar-refractivity contribution in [2.24, 2.45) is 5.73 Å². The number of rotatable bonds is 3. The lowest BCUT2D eigenvalue weighted by atomic mass is 10.1. The molecule has 0 bridgehead atoms. The molecular formula is C13H18ClN3. The van der Waals surface area contributed by atoms with Crippen LogP contribution in [0.5, 0.6) is 0 Å². The van der Waals surface area contributed by atoms with E-state index in [4.69, 9.17) is 5.73 Å². The number of halogens is 1. The van der Waals surface area contributed by atoms with Crippen LogP contribution in [0.25, 0.3) is 10.9 Å². The number of aromatic nitrogens is 1. The van der Waals surface area contributed by atoms with Crippen LogP contribution in [-0.2, 0) is 0 Å². The molecule has 1 aromatic heterocycles. The number of nitrogens with one attached hydrogen (secondary N) is 1. The topological polar surface area (TPSA) is 50.9 Å². The third-order valence-electron chi connectivity index (χ3n) is 2.60. The molecule has 2 aromatic rings. The van der Waals surface area contributed by atoms with Crippen molar-refractivity contribution in [2.45, 2.75) is 13.8 Å². The second-order valence-corrected chi connectivity index (χ2v) is 4.07. The highest BCUT2D eigenvalue weighted by Crippen LogP contribution is 2.20. The normalized spacial score (nSPS) is 10.1. The number of fused-ring (bicyclic) bond motifs is 1. The van der Waals surface area contributed by atoms with Gasteiger partial charge in [0.1, 0.15) is 5.82 Å². The maximum absolute atomic E-state index is 5.47. The van der Waals surface area contributed by atoms with Gasteiger partial charge in [-0.2, -0.15) is 0 Å². The van der Waals surface area contributed by atoms with Gasteiger partial charge in [0.05, 0.1) is 5.52 Å². The molecule has 0 amide bonds. The lowest BCUT2D eigenvalue weighted by Crippen LogP contribution is -2.14. The summed E-state index contributed by atoms with van der Waals surface area (Å²) in [5, 5.41) is 4.42. The Hall–Kier alpha value is -1.32. The summed E-state index contributed by atoms with van der Waals surface area (Å²) < 4.78 is 0. The quantitative estimate of drug-likeness (QED) is 0.882. The predicted molar refractivity (Wildman–Crippen MR) is 76.0 cm³/mol. The Morgan fingerprint density at radius 1 is 1.24 bits per heavy atom. The van der Waals surface area contributed by atoms with Crippen LogP contribution in [0.3, 0.4) is 0 Å². The maximum atomic E-state index is 5.47. The molecule has 0 aliphatic heterocycles. The van der Waals surface area contributed by atoms with Crippen molar-refractivity contribution in [1.29, 1.82) is 0 Å². The average molecular weight is 252 g/mol. The largest absolute Gasteiger partial charge is 0.369 e. The van der Waals surface area contributed by atoms with Crippen molar-refractivity contribution < 1.29 is 0 Å². The Morgan fingerprint density at radius 2 is 2.00 bits per heavy atom. The molecule has 17 heavy (non-hydrogen) atoms. The number of anilines is 1. The highest BCUT2D eigenvalue weighted by atomic mass is 35.5. The molecule has 4 heteroatoms. The molecule has 3 N–H and O–H groups in total. The molecule has 0 saturated carbocycles. The van der Waals surface area contributed by atoms with Crippen molar-refractivity contribution in [3.05, 3.63) is 35.4 Å². The lowest BCUT2D eigenvalue weighted by Gasteiger charge is -2.09. The molecule has 0 spiro atoms. The lowest BCUT2D eigenvalue weighted by molar-refractivity contribution is 1.01. The fourth-order valence-electron chi connectivity index (χ4n) is 1.77. The van der Waals surface area contributed by atoms with Gasteiger partial charge < -0.3 is 11.1 Å². The fraction of sp³-hybridized carbons (Fsp3) is 0.308. The van der Waals surface area contributed by atoms with Crippen molar-refractivity contribution in [2.75, 3.05) is 18.4 Å². The second-order valence-electron chi connectivity index (χ2n) is 4.07. The molecule has 2 rings (SSSR count). The summed E-state index contributed by atoms with van der Waals surface area (Å²) >= 11 is 0. The molecule has 92 valence electrons. The minimum absolute atomic E-state index is 0. The van der Waals surface area contributed by atoms with E-state index >= 15 is 0 Å². The van der Waals surface area contributed by atoms with Crippen molar-refractivity contribution >= 4 is 29.1 Å². The average Bonchev–Trinajstić information content (AvgIpc) is 2.26. The second kappa shape index (κ2) is 5.84. The van der Waals surface area contributed by atoms with E-state index in [9.17, 15) is 0 Å². The summed E-state index contributed by atoms with van der Waals surface area (Å²) in [6.07, 6.45) is 0. The molecule has 1 heterocycles. The minimum atomic E-state index is 0. The molecule has 0 unspecified atom stereocenters. The predicted octanol–water partition coefficient (Wildman–Crippen LogP) is 2.64. The molecule has 3 nitrogen and oxygen atoms in total. The number of hydrogen-bond donors (Lipinski definition) is 2. The van der Waals surface area contributed by atoms with Crippen LogP contribution < -0.4 is 11.1 Å². The van der Waals surface area contributed by atoms with Gasteiger partial charge in [-0.3, -0.25) is 0 Å². The zero-order valence-electron chi connectivity index (χ0n) is 10.2. The van der Waals surface area contributed by atoms with Gasteiger partial charge in [0.2, 0.25) is 0 Å². The first-order valence-corrected chi connectivity index (χ1v) is 5.52. The van der Waals surface area contributed by atoms with Gasteiger partial charge in [-0.25, -0.2) is 4.98 Å². The molecular weight excluding hydrogens is 234 g/mol. The van der Waals surface area contributed by atoms with Crippen LogP contribution in [0, 0.1) is 13.8 Å². The van der Waals surface area contributed by atoms with Crippen molar-refractivity contribution in [3.8, 4) is 0 Å². The van der Waals surface area contributed by atoms with E-state index in [0.29, 0.717) is 6.54 Å². The Morgan fingerprint density at radius 3 is 2.71 bits per heavy atom. The van der Waals surface area contributed by atoms with E-state index in [1.807, 2.05) is 0 Å². The monoisotopic (exact) mass is 251 g/mol. The van der Waals surface area contributed by atoms with Crippen molar-refractivity contribution in [3.63, 3.8) is 0 Å². The summed E-state index contributed by atoms with van der Waals surface area (Å²) in [6, 6.07) is 8.45. The molecule has 1 aromatic carbocycles. The third-order valence-corrected chi connectivity index (χ3v) is 2.60. The summed E-state index contributed by atoms with van der Waals surface area (Å²) in [6.45, 7) is 5.53. The summed E-state index contributed by atoms with van der Waals surface area (Å²) in [5.74, 6) is 0.932. The first-order valence-electron chi connectivity index (χ1n) is 5.52. The smallest absolute Gasteiger partial charge is 0.129 e. The molecule has 0 aliphatic rings. The number of nitrogens with zero attached hydrogens (tertiary/aromatic N) is 1. The molecule has 0 aliphatic carbocycles. The zero-order valence-corrected chi connectivity index (χ0v) is 11.0. The van der Waals surface area contributed by atoms with Crippen LogP contribution >= 0.6 is 12.4 Å². The van der Waals surface area contributed by atoms with Gasteiger partial charge in [0, 0.05) is 18.5 Å². The minimum Gasteiger partial charge on any atom is -0.369 e. The summed E-state index contributed by atoms with van der Waals surface area (Å²) in [5.41, 5.74) is 8.91. The number of hydrogen-bond acceptors (Lipinski definition) is 3. The Bertz CT molecular complexity index is 511. The van der Waals surface area contributed by atoms with E-state index < -0.39 is 0 Å². The highest BCUT2D eigenvalue weighted by molar-refractivity contribution is 5.85. The highest BCUT2D eigenvalue weighted by Gasteiger charge is 2.02. The van der Waals surface area contributed by atoms with E-state index in [2.05, 4.69) is 48.4 Å². The van der Waals surface area contributed by atoms with Crippen LogP contribution in [0.4, 0.5) is 5.82 Å². The Labute approximate surface area is 108 Å². The van der Waals surface area contributed by atoms with Crippen molar-refractivity contribution in [1.82, 2.24) is 4.98 Å². The number of aryl methyl sites for hydroxylation is 2. The van der Waals surface area contributed by atoms with Gasteiger partial charge in [0.25, 0.3) is 0 Å². The van der Waals surface area contributed by atoms with E-state index in [1.54, 1.807) is 0 Å². The Kier molecular flexibility index (Phi) is 4.73. The first kappa shape index (κ1) is 13.7. The first-order chi connectivity index (χ1) is 7.70. The number of nitrogens with two attached hydrogens (primary N) is 1. The number of pyridine rings is 1. The molecule has 0 atom stereocenters. The molecule has 0 fully saturated rings. The molecule has 0 saturated heterocycles.